The molecule has 116 valence electrons. The molecule has 0 bridgehead atoms. The fourth-order valence-electron chi connectivity index (χ4n) is 2.35. The molecule has 0 saturated heterocycles. The number of unbranched alkanes of at least 4 members (excludes halogenated alkanes) is 2. The Labute approximate surface area is 130 Å². The number of hydrogen-bond acceptors (Lipinski definition) is 4. The minimum atomic E-state index is -3.48. The second kappa shape index (κ2) is 6.87. The molecular formula is C15H22N2O2S2. The summed E-state index contributed by atoms with van der Waals surface area (Å²) in [5.74, 6) is 0. The average Bonchev–Trinajstić information content (AvgIpc) is 2.86. The standard InChI is InChI=1S/C15H22N2O2S2/c1-3-4-7-10-17(2)21(18,19)15-12-8-5-6-9-13(12)20-14(15)11-16/h5-6,8-9H,3-4,7,10-11,16H2,1-2H3. The SMILES string of the molecule is CCCCCN(C)S(=O)(=O)c1c(CN)sc2ccccc12. The van der Waals surface area contributed by atoms with Crippen molar-refractivity contribution in [2.45, 2.75) is 37.6 Å². The van der Waals surface area contributed by atoms with E-state index in [2.05, 4.69) is 6.92 Å². The molecule has 0 spiro atoms. The normalized spacial score (nSPS) is 12.4. The molecule has 6 heteroatoms. The minimum absolute atomic E-state index is 0.247. The topological polar surface area (TPSA) is 63.4 Å². The van der Waals surface area contributed by atoms with E-state index in [-0.39, 0.29) is 6.54 Å². The van der Waals surface area contributed by atoms with Gasteiger partial charge in [0.05, 0.1) is 0 Å². The Bertz CT molecular complexity index is 708. The first-order valence-electron chi connectivity index (χ1n) is 7.19. The summed E-state index contributed by atoms with van der Waals surface area (Å²) in [6.07, 6.45) is 2.99. The molecule has 1 aromatic heterocycles. The molecule has 21 heavy (non-hydrogen) atoms. The van der Waals surface area contributed by atoms with E-state index in [0.29, 0.717) is 11.4 Å². The van der Waals surface area contributed by atoms with Crippen molar-refractivity contribution in [2.24, 2.45) is 5.73 Å². The van der Waals surface area contributed by atoms with Gasteiger partial charge < -0.3 is 5.73 Å². The van der Waals surface area contributed by atoms with Crippen molar-refractivity contribution in [3.63, 3.8) is 0 Å². The van der Waals surface area contributed by atoms with Crippen LogP contribution in [0.3, 0.4) is 0 Å². The molecule has 2 aromatic rings. The van der Waals surface area contributed by atoms with Crippen LogP contribution >= 0.6 is 11.3 Å². The van der Waals surface area contributed by atoms with E-state index in [1.807, 2.05) is 24.3 Å². The van der Waals surface area contributed by atoms with E-state index >= 15 is 0 Å². The van der Waals surface area contributed by atoms with Crippen LogP contribution in [0.2, 0.25) is 0 Å². The molecule has 0 aliphatic heterocycles. The van der Waals surface area contributed by atoms with Crippen molar-refractivity contribution < 1.29 is 8.42 Å². The summed E-state index contributed by atoms with van der Waals surface area (Å²) in [6.45, 7) is 2.90. The minimum Gasteiger partial charge on any atom is -0.326 e. The zero-order valence-corrected chi connectivity index (χ0v) is 14.1. The molecule has 1 aromatic carbocycles. The van der Waals surface area contributed by atoms with Crippen LogP contribution < -0.4 is 5.73 Å². The largest absolute Gasteiger partial charge is 0.326 e. The maximum absolute atomic E-state index is 12.9. The molecule has 0 unspecified atom stereocenters. The first kappa shape index (κ1) is 16.4. The Balaban J connectivity index is 2.43. The zero-order valence-electron chi connectivity index (χ0n) is 12.5. The monoisotopic (exact) mass is 326 g/mol. The summed E-state index contributed by atoms with van der Waals surface area (Å²) in [7, 11) is -1.83. The number of nitrogens with two attached hydrogens (primary N) is 1. The number of thiophene rings is 1. The van der Waals surface area contributed by atoms with Crippen LogP contribution in [-0.2, 0) is 16.6 Å². The van der Waals surface area contributed by atoms with Gasteiger partial charge in [0.1, 0.15) is 4.90 Å². The van der Waals surface area contributed by atoms with Crippen molar-refractivity contribution in [2.75, 3.05) is 13.6 Å². The highest BCUT2D eigenvalue weighted by Gasteiger charge is 2.27. The second-order valence-corrected chi connectivity index (χ2v) is 8.21. The predicted octanol–water partition coefficient (Wildman–Crippen LogP) is 3.17. The maximum atomic E-state index is 12.9. The molecule has 2 N–H and O–H groups in total. The van der Waals surface area contributed by atoms with Gasteiger partial charge in [-0.1, -0.05) is 38.0 Å². The Morgan fingerprint density at radius 2 is 1.95 bits per heavy atom. The van der Waals surface area contributed by atoms with Crippen LogP contribution in [0.5, 0.6) is 0 Å². The van der Waals surface area contributed by atoms with E-state index in [4.69, 9.17) is 5.73 Å². The van der Waals surface area contributed by atoms with E-state index in [1.165, 1.54) is 15.6 Å². The van der Waals surface area contributed by atoms with Gasteiger partial charge in [0.15, 0.2) is 0 Å². The third-order valence-corrected chi connectivity index (χ3v) is 6.86. The highest BCUT2D eigenvalue weighted by molar-refractivity contribution is 7.89. The van der Waals surface area contributed by atoms with Gasteiger partial charge in [-0.3, -0.25) is 0 Å². The first-order chi connectivity index (χ1) is 10.0. The van der Waals surface area contributed by atoms with Gasteiger partial charge in [-0.05, 0) is 12.5 Å². The van der Waals surface area contributed by atoms with E-state index in [9.17, 15) is 8.42 Å². The summed E-state index contributed by atoms with van der Waals surface area (Å²) in [6, 6.07) is 7.58. The van der Waals surface area contributed by atoms with Crippen LogP contribution in [-0.4, -0.2) is 26.3 Å². The van der Waals surface area contributed by atoms with Gasteiger partial charge in [0.2, 0.25) is 10.0 Å². The van der Waals surface area contributed by atoms with E-state index in [1.54, 1.807) is 7.05 Å². The zero-order chi connectivity index (χ0) is 15.5. The third-order valence-electron chi connectivity index (χ3n) is 3.55. The second-order valence-electron chi connectivity index (χ2n) is 5.09. The quantitative estimate of drug-likeness (QED) is 0.795. The van der Waals surface area contributed by atoms with Crippen molar-refractivity contribution in [3.8, 4) is 0 Å². The fraction of sp³-hybridized carbons (Fsp3) is 0.467. The van der Waals surface area contributed by atoms with E-state index < -0.39 is 10.0 Å². The van der Waals surface area contributed by atoms with Crippen molar-refractivity contribution in [1.82, 2.24) is 4.31 Å². The number of hydrogen-bond donors (Lipinski definition) is 1. The first-order valence-corrected chi connectivity index (χ1v) is 9.44. The molecule has 0 saturated carbocycles. The van der Waals surface area contributed by atoms with Gasteiger partial charge in [-0.2, -0.15) is 0 Å². The molecule has 4 nitrogen and oxygen atoms in total. The van der Waals surface area contributed by atoms with E-state index in [0.717, 1.165) is 34.2 Å². The molecule has 0 aliphatic carbocycles. The highest BCUT2D eigenvalue weighted by atomic mass is 32.2. The van der Waals surface area contributed by atoms with Gasteiger partial charge in [0.25, 0.3) is 0 Å². The van der Waals surface area contributed by atoms with Gasteiger partial charge in [-0.15, -0.1) is 11.3 Å². The number of nitrogens with zero attached hydrogens (tertiary/aromatic N) is 1. The number of benzene rings is 1. The molecule has 0 amide bonds. The summed E-state index contributed by atoms with van der Waals surface area (Å²) in [5, 5.41) is 0.783. The number of fused-ring (bicyclic) bond motifs is 1. The molecule has 0 atom stereocenters. The molecule has 0 fully saturated rings. The lowest BCUT2D eigenvalue weighted by atomic mass is 10.2. The van der Waals surface area contributed by atoms with Crippen molar-refractivity contribution in [3.05, 3.63) is 29.1 Å². The van der Waals surface area contributed by atoms with Crippen LogP contribution in [0.1, 0.15) is 31.1 Å². The molecular weight excluding hydrogens is 304 g/mol. The predicted molar refractivity (Wildman–Crippen MR) is 89.1 cm³/mol. The lowest BCUT2D eigenvalue weighted by molar-refractivity contribution is 0.454. The van der Waals surface area contributed by atoms with Gasteiger partial charge in [-0.25, -0.2) is 12.7 Å². The smallest absolute Gasteiger partial charge is 0.244 e. The van der Waals surface area contributed by atoms with Crippen LogP contribution in [0.15, 0.2) is 29.2 Å². The molecule has 0 aliphatic rings. The van der Waals surface area contributed by atoms with Crippen molar-refractivity contribution in [1.29, 1.82) is 0 Å². The summed E-state index contributed by atoms with van der Waals surface area (Å²) in [4.78, 5) is 1.13. The highest BCUT2D eigenvalue weighted by Crippen LogP contribution is 2.35. The fourth-order valence-corrected chi connectivity index (χ4v) is 5.34. The summed E-state index contributed by atoms with van der Waals surface area (Å²) in [5.41, 5.74) is 5.76. The Hall–Kier alpha value is -0.950. The lowest BCUT2D eigenvalue weighted by Gasteiger charge is -2.17. The lowest BCUT2D eigenvalue weighted by Crippen LogP contribution is -2.28. The number of sulfonamides is 1. The Kier molecular flexibility index (Phi) is 5.37. The summed E-state index contributed by atoms with van der Waals surface area (Å²) < 4.78 is 28.1. The number of rotatable bonds is 7. The Morgan fingerprint density at radius 1 is 1.24 bits per heavy atom. The van der Waals surface area contributed by atoms with Crippen molar-refractivity contribution >= 4 is 31.4 Å². The average molecular weight is 326 g/mol. The van der Waals surface area contributed by atoms with Crippen LogP contribution in [0.4, 0.5) is 0 Å². The Morgan fingerprint density at radius 3 is 2.62 bits per heavy atom. The molecule has 0 radical (unpaired) electrons. The molecule has 2 rings (SSSR count). The molecule has 1 heterocycles. The maximum Gasteiger partial charge on any atom is 0.244 e. The summed E-state index contributed by atoms with van der Waals surface area (Å²) >= 11 is 1.47. The van der Waals surface area contributed by atoms with Gasteiger partial charge >= 0.3 is 0 Å². The van der Waals surface area contributed by atoms with Crippen LogP contribution in [0.25, 0.3) is 10.1 Å². The van der Waals surface area contributed by atoms with Crippen LogP contribution in [0, 0.1) is 0 Å². The van der Waals surface area contributed by atoms with Gasteiger partial charge in [0, 0.05) is 35.1 Å². The third kappa shape index (κ3) is 3.29.